The van der Waals surface area contributed by atoms with Gasteiger partial charge in [-0.25, -0.2) is 9.78 Å². The SMILES string of the molecule is CN(c1ccc(CO)cn1)C1CCN(C(=O)O)CC1. The predicted octanol–water partition coefficient (Wildman–Crippen LogP) is 1.15. The Bertz CT molecular complexity index is 427. The summed E-state index contributed by atoms with van der Waals surface area (Å²) in [5, 5.41) is 17.9. The zero-order chi connectivity index (χ0) is 13.8. The fraction of sp³-hybridized carbons (Fsp3) is 0.538. The largest absolute Gasteiger partial charge is 0.465 e. The van der Waals surface area contributed by atoms with Crippen LogP contribution in [0.4, 0.5) is 10.6 Å². The zero-order valence-electron chi connectivity index (χ0n) is 11.0. The number of carbonyl (C=O) groups is 1. The fourth-order valence-electron chi connectivity index (χ4n) is 2.35. The minimum absolute atomic E-state index is 0.00596. The molecule has 2 N–H and O–H groups in total. The van der Waals surface area contributed by atoms with Crippen LogP contribution in [-0.4, -0.2) is 52.4 Å². The summed E-state index contributed by atoms with van der Waals surface area (Å²) < 4.78 is 0. The third-order valence-electron chi connectivity index (χ3n) is 3.64. The van der Waals surface area contributed by atoms with Crippen molar-refractivity contribution >= 4 is 11.9 Å². The smallest absolute Gasteiger partial charge is 0.407 e. The quantitative estimate of drug-likeness (QED) is 0.857. The van der Waals surface area contributed by atoms with Crippen LogP contribution in [0.1, 0.15) is 18.4 Å². The molecule has 1 amide bonds. The Balaban J connectivity index is 1.96. The standard InChI is InChI=1S/C13H19N3O3/c1-15(12-3-2-10(9-17)8-14-12)11-4-6-16(7-5-11)13(18)19/h2-3,8,11,17H,4-7,9H2,1H3,(H,18,19). The lowest BCUT2D eigenvalue weighted by Crippen LogP contribution is -2.45. The number of nitrogens with zero attached hydrogens (tertiary/aromatic N) is 3. The van der Waals surface area contributed by atoms with Gasteiger partial charge in [-0.1, -0.05) is 6.07 Å². The van der Waals surface area contributed by atoms with E-state index in [1.165, 1.54) is 4.90 Å². The Morgan fingerprint density at radius 2 is 2.16 bits per heavy atom. The van der Waals surface area contributed by atoms with Crippen LogP contribution in [0.3, 0.4) is 0 Å². The monoisotopic (exact) mass is 265 g/mol. The van der Waals surface area contributed by atoms with Crippen LogP contribution in [0.5, 0.6) is 0 Å². The zero-order valence-corrected chi connectivity index (χ0v) is 11.0. The molecular formula is C13H19N3O3. The van der Waals surface area contributed by atoms with Gasteiger partial charge in [0.25, 0.3) is 0 Å². The number of rotatable bonds is 3. The van der Waals surface area contributed by atoms with Gasteiger partial charge >= 0.3 is 6.09 Å². The first-order valence-corrected chi connectivity index (χ1v) is 6.38. The molecule has 6 heteroatoms. The Morgan fingerprint density at radius 3 is 2.63 bits per heavy atom. The molecule has 1 aliphatic heterocycles. The number of pyridine rings is 1. The van der Waals surface area contributed by atoms with E-state index in [2.05, 4.69) is 9.88 Å². The van der Waals surface area contributed by atoms with Crippen molar-refractivity contribution in [3.8, 4) is 0 Å². The summed E-state index contributed by atoms with van der Waals surface area (Å²) in [6, 6.07) is 4.04. The summed E-state index contributed by atoms with van der Waals surface area (Å²) in [5.74, 6) is 0.853. The van der Waals surface area contributed by atoms with Gasteiger partial charge in [0.1, 0.15) is 5.82 Å². The van der Waals surface area contributed by atoms with Gasteiger partial charge in [0, 0.05) is 32.4 Å². The first-order valence-electron chi connectivity index (χ1n) is 6.38. The van der Waals surface area contributed by atoms with Gasteiger partial charge < -0.3 is 20.0 Å². The van der Waals surface area contributed by atoms with Gasteiger partial charge in [0.05, 0.1) is 6.61 Å². The van der Waals surface area contributed by atoms with E-state index in [4.69, 9.17) is 10.2 Å². The second-order valence-corrected chi connectivity index (χ2v) is 4.79. The maximum absolute atomic E-state index is 10.8. The molecule has 2 heterocycles. The van der Waals surface area contributed by atoms with Crippen LogP contribution in [0.25, 0.3) is 0 Å². The Labute approximate surface area is 112 Å². The van der Waals surface area contributed by atoms with Gasteiger partial charge in [-0.3, -0.25) is 0 Å². The summed E-state index contributed by atoms with van der Waals surface area (Å²) in [5.41, 5.74) is 0.790. The predicted molar refractivity (Wildman–Crippen MR) is 71.2 cm³/mol. The minimum atomic E-state index is -0.841. The average molecular weight is 265 g/mol. The van der Waals surface area contributed by atoms with Crippen molar-refractivity contribution in [1.29, 1.82) is 0 Å². The van der Waals surface area contributed by atoms with Gasteiger partial charge in [-0.05, 0) is 24.5 Å². The van der Waals surface area contributed by atoms with E-state index in [0.29, 0.717) is 19.1 Å². The molecule has 6 nitrogen and oxygen atoms in total. The molecule has 0 atom stereocenters. The molecule has 0 spiro atoms. The molecule has 19 heavy (non-hydrogen) atoms. The third-order valence-corrected chi connectivity index (χ3v) is 3.64. The first kappa shape index (κ1) is 13.6. The molecule has 1 aromatic rings. The number of anilines is 1. The number of likely N-dealkylation sites (tertiary alicyclic amines) is 1. The van der Waals surface area contributed by atoms with Crippen molar-refractivity contribution in [3.05, 3.63) is 23.9 Å². The number of aliphatic hydroxyl groups is 1. The number of piperidine rings is 1. The number of carboxylic acid groups (broad SMARTS) is 1. The lowest BCUT2D eigenvalue weighted by molar-refractivity contribution is 0.132. The summed E-state index contributed by atoms with van der Waals surface area (Å²) in [4.78, 5) is 18.7. The number of aromatic nitrogens is 1. The summed E-state index contributed by atoms with van der Waals surface area (Å²) in [6.07, 6.45) is 2.45. The van der Waals surface area contributed by atoms with Crippen molar-refractivity contribution < 1.29 is 15.0 Å². The highest BCUT2D eigenvalue weighted by Gasteiger charge is 2.25. The lowest BCUT2D eigenvalue weighted by Gasteiger charge is -2.36. The Morgan fingerprint density at radius 1 is 1.47 bits per heavy atom. The first-order chi connectivity index (χ1) is 9.11. The van der Waals surface area contributed by atoms with Gasteiger partial charge in [-0.2, -0.15) is 0 Å². The molecule has 0 aromatic carbocycles. The highest BCUT2D eigenvalue weighted by molar-refractivity contribution is 5.65. The van der Waals surface area contributed by atoms with E-state index in [-0.39, 0.29) is 6.61 Å². The topological polar surface area (TPSA) is 76.9 Å². The van der Waals surface area contributed by atoms with Crippen molar-refractivity contribution in [3.63, 3.8) is 0 Å². The second kappa shape index (κ2) is 5.88. The van der Waals surface area contributed by atoms with E-state index in [0.717, 1.165) is 24.2 Å². The third kappa shape index (κ3) is 3.14. The van der Waals surface area contributed by atoms with E-state index in [1.54, 1.807) is 6.20 Å². The van der Waals surface area contributed by atoms with Crippen LogP contribution in [0.15, 0.2) is 18.3 Å². The highest BCUT2D eigenvalue weighted by Crippen LogP contribution is 2.20. The van der Waals surface area contributed by atoms with E-state index >= 15 is 0 Å². The van der Waals surface area contributed by atoms with Crippen molar-refractivity contribution in [1.82, 2.24) is 9.88 Å². The van der Waals surface area contributed by atoms with Crippen LogP contribution >= 0.6 is 0 Å². The molecule has 104 valence electrons. The minimum Gasteiger partial charge on any atom is -0.465 e. The van der Waals surface area contributed by atoms with E-state index in [9.17, 15) is 4.79 Å². The number of amides is 1. The number of hydrogen-bond donors (Lipinski definition) is 2. The van der Waals surface area contributed by atoms with E-state index in [1.807, 2.05) is 19.2 Å². The average Bonchev–Trinajstić information content (AvgIpc) is 2.46. The number of hydrogen-bond acceptors (Lipinski definition) is 4. The molecular weight excluding hydrogens is 246 g/mol. The van der Waals surface area contributed by atoms with Crippen molar-refractivity contribution in [2.75, 3.05) is 25.0 Å². The Hall–Kier alpha value is -1.82. The highest BCUT2D eigenvalue weighted by atomic mass is 16.4. The second-order valence-electron chi connectivity index (χ2n) is 4.79. The molecule has 0 unspecified atom stereocenters. The molecule has 0 radical (unpaired) electrons. The van der Waals surface area contributed by atoms with Crippen LogP contribution in [0, 0.1) is 0 Å². The van der Waals surface area contributed by atoms with Crippen LogP contribution < -0.4 is 4.90 Å². The van der Waals surface area contributed by atoms with Crippen molar-refractivity contribution in [2.24, 2.45) is 0 Å². The Kier molecular flexibility index (Phi) is 4.21. The van der Waals surface area contributed by atoms with Crippen LogP contribution in [0.2, 0.25) is 0 Å². The molecule has 1 saturated heterocycles. The van der Waals surface area contributed by atoms with Gasteiger partial charge in [0.2, 0.25) is 0 Å². The normalized spacial score (nSPS) is 16.4. The summed E-state index contributed by atoms with van der Waals surface area (Å²) >= 11 is 0. The molecule has 0 bridgehead atoms. The maximum Gasteiger partial charge on any atom is 0.407 e. The van der Waals surface area contributed by atoms with Gasteiger partial charge in [0.15, 0.2) is 0 Å². The summed E-state index contributed by atoms with van der Waals surface area (Å²) in [6.45, 7) is 1.13. The molecule has 1 aromatic heterocycles. The number of aliphatic hydroxyl groups excluding tert-OH is 1. The fourth-order valence-corrected chi connectivity index (χ4v) is 2.35. The summed E-state index contributed by atoms with van der Waals surface area (Å²) in [7, 11) is 1.97. The lowest BCUT2D eigenvalue weighted by atomic mass is 10.0. The molecule has 1 aliphatic rings. The molecule has 1 fully saturated rings. The molecule has 0 aliphatic carbocycles. The van der Waals surface area contributed by atoms with Gasteiger partial charge in [-0.15, -0.1) is 0 Å². The van der Waals surface area contributed by atoms with E-state index < -0.39 is 6.09 Å². The molecule has 2 rings (SSSR count). The maximum atomic E-state index is 10.8. The van der Waals surface area contributed by atoms with Crippen molar-refractivity contribution in [2.45, 2.75) is 25.5 Å². The molecule has 0 saturated carbocycles. The van der Waals surface area contributed by atoms with Crippen LogP contribution in [-0.2, 0) is 6.61 Å².